The molecule has 0 radical (unpaired) electrons. The molecule has 5 unspecified atom stereocenters. The van der Waals surface area contributed by atoms with Crippen LogP contribution >= 0.6 is 0 Å². The molecule has 5 atom stereocenters. The Bertz CT molecular complexity index is 573. The van der Waals surface area contributed by atoms with E-state index in [4.69, 9.17) is 9.47 Å². The second-order valence-electron chi connectivity index (χ2n) is 11.0. The summed E-state index contributed by atoms with van der Waals surface area (Å²) < 4.78 is 11.0. The number of esters is 2. The molecule has 0 amide bonds. The van der Waals surface area contributed by atoms with Crippen LogP contribution in [0.4, 0.5) is 0 Å². The molecule has 4 nitrogen and oxygen atoms in total. The highest BCUT2D eigenvalue weighted by Gasteiger charge is 2.67. The molecule has 0 spiro atoms. The summed E-state index contributed by atoms with van der Waals surface area (Å²) in [5, 5.41) is 0. The topological polar surface area (TPSA) is 52.6 Å². The Morgan fingerprint density at radius 2 is 1.96 bits per heavy atom. The average Bonchev–Trinajstić information content (AvgIpc) is 2.82. The third-order valence-corrected chi connectivity index (χ3v) is 7.13. The van der Waals surface area contributed by atoms with E-state index in [1.807, 2.05) is 0 Å². The number of cyclic esters (lactones) is 1. The second-order valence-corrected chi connectivity index (χ2v) is 11.0. The maximum Gasteiger partial charge on any atom is 0.312 e. The van der Waals surface area contributed by atoms with Crippen LogP contribution in [0.1, 0.15) is 73.6 Å². The van der Waals surface area contributed by atoms with Gasteiger partial charge in [-0.05, 0) is 54.8 Å². The normalized spacial score (nSPS) is 38.0. The van der Waals surface area contributed by atoms with Crippen molar-refractivity contribution in [3.8, 4) is 0 Å². The predicted molar refractivity (Wildman–Crippen MR) is 100 cm³/mol. The molecule has 3 rings (SSSR count). The molecule has 1 aliphatic heterocycles. The second kappa shape index (κ2) is 6.53. The van der Waals surface area contributed by atoms with Crippen molar-refractivity contribution >= 4 is 11.9 Å². The Morgan fingerprint density at radius 1 is 1.31 bits per heavy atom. The molecule has 3 aliphatic rings. The van der Waals surface area contributed by atoms with Crippen molar-refractivity contribution in [2.75, 3.05) is 13.2 Å². The van der Waals surface area contributed by atoms with Gasteiger partial charge in [0.15, 0.2) is 0 Å². The molecule has 2 saturated carbocycles. The fourth-order valence-electron chi connectivity index (χ4n) is 5.75. The number of carbonyl (C=O) groups excluding carboxylic acids is 2. The van der Waals surface area contributed by atoms with E-state index in [1.165, 1.54) is 0 Å². The quantitative estimate of drug-likeness (QED) is 0.510. The number of hydrogen-bond donors (Lipinski definition) is 0. The largest absolute Gasteiger partial charge is 0.465 e. The Morgan fingerprint density at radius 3 is 2.54 bits per heavy atom. The molecule has 3 fully saturated rings. The van der Waals surface area contributed by atoms with Crippen molar-refractivity contribution in [2.45, 2.75) is 73.6 Å². The Labute approximate surface area is 158 Å². The van der Waals surface area contributed by atoms with Crippen LogP contribution in [0.5, 0.6) is 0 Å². The highest BCUT2D eigenvalue weighted by molar-refractivity contribution is 5.81. The fraction of sp³-hybridized carbons (Fsp3) is 0.909. The first-order valence-corrected chi connectivity index (χ1v) is 10.3. The van der Waals surface area contributed by atoms with Gasteiger partial charge >= 0.3 is 11.9 Å². The monoisotopic (exact) mass is 364 g/mol. The minimum atomic E-state index is -0.302. The smallest absolute Gasteiger partial charge is 0.312 e. The number of hydrogen-bond acceptors (Lipinski definition) is 4. The van der Waals surface area contributed by atoms with Gasteiger partial charge in [-0.2, -0.15) is 0 Å². The minimum Gasteiger partial charge on any atom is -0.465 e. The van der Waals surface area contributed by atoms with Gasteiger partial charge in [-0.1, -0.05) is 41.5 Å². The first-order valence-electron chi connectivity index (χ1n) is 10.3. The zero-order valence-corrected chi connectivity index (χ0v) is 17.4. The fourth-order valence-corrected chi connectivity index (χ4v) is 5.75. The summed E-state index contributed by atoms with van der Waals surface area (Å²) in [7, 11) is 0. The van der Waals surface area contributed by atoms with Crippen molar-refractivity contribution in [3.05, 3.63) is 0 Å². The Balaban J connectivity index is 1.47. The molecule has 0 bridgehead atoms. The first kappa shape index (κ1) is 19.7. The van der Waals surface area contributed by atoms with E-state index >= 15 is 0 Å². The summed E-state index contributed by atoms with van der Waals surface area (Å²) >= 11 is 0. The van der Waals surface area contributed by atoms with Gasteiger partial charge in [-0.3, -0.25) is 9.59 Å². The zero-order chi connectivity index (χ0) is 19.3. The Hall–Kier alpha value is -1.06. The summed E-state index contributed by atoms with van der Waals surface area (Å²) in [5.41, 5.74) is -0.131. The van der Waals surface area contributed by atoms with E-state index in [-0.39, 0.29) is 34.1 Å². The molecular weight excluding hydrogens is 328 g/mol. The molecule has 4 heteroatoms. The van der Waals surface area contributed by atoms with Crippen molar-refractivity contribution in [1.29, 1.82) is 0 Å². The lowest BCUT2D eigenvalue weighted by molar-refractivity contribution is -0.153. The first-order chi connectivity index (χ1) is 12.0. The molecular formula is C22H36O4. The highest BCUT2D eigenvalue weighted by atomic mass is 16.5. The third kappa shape index (κ3) is 3.53. The molecule has 1 heterocycles. The van der Waals surface area contributed by atoms with Crippen LogP contribution in [0, 0.1) is 39.9 Å². The number of fused-ring (bicyclic) bond motifs is 1. The highest BCUT2D eigenvalue weighted by Crippen LogP contribution is 2.68. The lowest BCUT2D eigenvalue weighted by Crippen LogP contribution is -2.29. The van der Waals surface area contributed by atoms with Crippen LogP contribution in [-0.4, -0.2) is 25.2 Å². The maximum absolute atomic E-state index is 12.8. The van der Waals surface area contributed by atoms with E-state index in [0.29, 0.717) is 31.0 Å². The van der Waals surface area contributed by atoms with Gasteiger partial charge in [0, 0.05) is 5.92 Å². The standard InChI is InChI=1S/C22H36O4/c1-14-10-15(16-11-26-18(23)17(14)16)8-7-9-25-19(24)22(12-20(2,3)4)13-21(22,5)6/h14-17H,7-13H2,1-6H3. The van der Waals surface area contributed by atoms with Crippen LogP contribution in [-0.2, 0) is 19.1 Å². The van der Waals surface area contributed by atoms with Crippen LogP contribution in [0.15, 0.2) is 0 Å². The minimum absolute atomic E-state index is 0.00323. The van der Waals surface area contributed by atoms with Gasteiger partial charge in [0.2, 0.25) is 0 Å². The van der Waals surface area contributed by atoms with Crippen molar-refractivity contribution in [1.82, 2.24) is 0 Å². The maximum atomic E-state index is 12.8. The summed E-state index contributed by atoms with van der Waals surface area (Å²) in [5.74, 6) is 1.42. The van der Waals surface area contributed by atoms with Gasteiger partial charge in [-0.15, -0.1) is 0 Å². The van der Waals surface area contributed by atoms with Crippen molar-refractivity contribution in [2.24, 2.45) is 39.9 Å². The van der Waals surface area contributed by atoms with Crippen LogP contribution in [0.3, 0.4) is 0 Å². The summed E-state index contributed by atoms with van der Waals surface area (Å²) in [6.07, 6.45) is 4.81. The zero-order valence-electron chi connectivity index (χ0n) is 17.4. The van der Waals surface area contributed by atoms with Crippen LogP contribution in [0.25, 0.3) is 0 Å². The molecule has 0 N–H and O–H groups in total. The van der Waals surface area contributed by atoms with Gasteiger partial charge in [0.1, 0.15) is 0 Å². The number of carbonyl (C=O) groups is 2. The van der Waals surface area contributed by atoms with E-state index in [0.717, 1.165) is 32.1 Å². The SMILES string of the molecule is CC1CC(CCCOC(=O)C2(CC(C)(C)C)CC2(C)C)C2COC(=O)C12. The van der Waals surface area contributed by atoms with Crippen LogP contribution < -0.4 is 0 Å². The van der Waals surface area contributed by atoms with Gasteiger partial charge < -0.3 is 9.47 Å². The van der Waals surface area contributed by atoms with E-state index < -0.39 is 0 Å². The summed E-state index contributed by atoms with van der Waals surface area (Å²) in [4.78, 5) is 24.6. The lowest BCUT2D eigenvalue weighted by Gasteiger charge is -2.27. The van der Waals surface area contributed by atoms with Gasteiger partial charge in [0.25, 0.3) is 0 Å². The van der Waals surface area contributed by atoms with E-state index in [1.54, 1.807) is 0 Å². The molecule has 0 aromatic heterocycles. The molecule has 26 heavy (non-hydrogen) atoms. The predicted octanol–water partition coefficient (Wildman–Crippen LogP) is 4.61. The van der Waals surface area contributed by atoms with Gasteiger partial charge in [0.05, 0.1) is 24.5 Å². The lowest BCUT2D eigenvalue weighted by atomic mass is 9.79. The molecule has 148 valence electrons. The van der Waals surface area contributed by atoms with E-state index in [2.05, 4.69) is 41.5 Å². The van der Waals surface area contributed by atoms with Gasteiger partial charge in [-0.25, -0.2) is 0 Å². The summed E-state index contributed by atoms with van der Waals surface area (Å²) in [6, 6.07) is 0. The number of ether oxygens (including phenoxy) is 2. The molecule has 0 aromatic carbocycles. The van der Waals surface area contributed by atoms with Crippen LogP contribution in [0.2, 0.25) is 0 Å². The third-order valence-electron chi connectivity index (χ3n) is 7.13. The summed E-state index contributed by atoms with van der Waals surface area (Å²) in [6.45, 7) is 14.2. The Kier molecular flexibility index (Phi) is 4.94. The molecule has 0 aromatic rings. The van der Waals surface area contributed by atoms with E-state index in [9.17, 15) is 9.59 Å². The average molecular weight is 365 g/mol. The van der Waals surface area contributed by atoms with Crippen molar-refractivity contribution < 1.29 is 19.1 Å². The number of rotatable bonds is 6. The van der Waals surface area contributed by atoms with Crippen molar-refractivity contribution in [3.63, 3.8) is 0 Å². The molecule has 2 aliphatic carbocycles. The molecule has 1 saturated heterocycles.